The first-order valence-electron chi connectivity index (χ1n) is 11.4. The molecule has 3 heterocycles. The molecule has 1 saturated heterocycles. The minimum Gasteiger partial charge on any atom is -0.497 e. The second-order valence-electron chi connectivity index (χ2n) is 8.42. The normalized spacial score (nSPS) is 19.3. The molecule has 0 saturated carbocycles. The molecule has 0 spiro atoms. The fourth-order valence-corrected chi connectivity index (χ4v) is 5.46. The maximum Gasteiger partial charge on any atom is 0.187 e. The number of aryl methyl sites for hydroxylation is 1. The third-order valence-electron chi connectivity index (χ3n) is 6.45. The first-order valence-corrected chi connectivity index (χ1v) is 12.4. The van der Waals surface area contributed by atoms with Gasteiger partial charge in [-0.15, -0.1) is 0 Å². The third kappa shape index (κ3) is 5.97. The average Bonchev–Trinajstić information content (AvgIpc) is 2.85. The van der Waals surface area contributed by atoms with Gasteiger partial charge < -0.3 is 14.7 Å². The van der Waals surface area contributed by atoms with Gasteiger partial charge in [0, 0.05) is 49.4 Å². The number of ether oxygens (including phenoxy) is 1. The molecule has 6 nitrogen and oxygen atoms in total. The lowest BCUT2D eigenvalue weighted by Gasteiger charge is -2.38. The Kier molecular flexibility index (Phi) is 8.31. The van der Waals surface area contributed by atoms with Crippen LogP contribution in [-0.4, -0.2) is 64.1 Å². The Labute approximate surface area is 194 Å². The summed E-state index contributed by atoms with van der Waals surface area (Å²) in [7, 11) is 1.70. The van der Waals surface area contributed by atoms with Crippen molar-refractivity contribution in [3.8, 4) is 5.75 Å². The number of piperidine rings is 1. The van der Waals surface area contributed by atoms with Gasteiger partial charge in [0.2, 0.25) is 0 Å². The van der Waals surface area contributed by atoms with Gasteiger partial charge in [-0.3, -0.25) is 4.98 Å². The number of aliphatic hydroxyl groups is 1. The average molecular weight is 453 g/mol. The van der Waals surface area contributed by atoms with Gasteiger partial charge in [0.15, 0.2) is 5.16 Å². The van der Waals surface area contributed by atoms with Crippen LogP contribution >= 0.6 is 11.8 Å². The van der Waals surface area contributed by atoms with Crippen molar-refractivity contribution in [3.05, 3.63) is 54.5 Å². The molecular formula is C25H32N4O2S. The maximum atomic E-state index is 10.0. The first-order chi connectivity index (χ1) is 15.8. The number of hydrogen-bond acceptors (Lipinski definition) is 7. The minimum absolute atomic E-state index is 0.269. The van der Waals surface area contributed by atoms with Crippen LogP contribution in [0.4, 0.5) is 0 Å². The van der Waals surface area contributed by atoms with Crippen LogP contribution in [0, 0.1) is 11.8 Å². The van der Waals surface area contributed by atoms with Gasteiger partial charge in [-0.2, -0.15) is 0 Å². The Morgan fingerprint density at radius 2 is 2.00 bits per heavy atom. The molecule has 170 valence electrons. The number of benzene rings is 1. The number of pyridine rings is 1. The number of rotatable bonds is 10. The van der Waals surface area contributed by atoms with E-state index in [1.807, 2.05) is 24.4 Å². The van der Waals surface area contributed by atoms with E-state index in [0.29, 0.717) is 11.8 Å². The molecule has 32 heavy (non-hydrogen) atoms. The summed E-state index contributed by atoms with van der Waals surface area (Å²) < 4.78 is 5.40. The molecule has 7 heteroatoms. The summed E-state index contributed by atoms with van der Waals surface area (Å²) in [6.45, 7) is 3.36. The SMILES string of the molecule is COc1ccc2nccc(CCC[C@@H]3CCN(CCSc4ncccn4)C[C@@H]3CO)c2c1. The highest BCUT2D eigenvalue weighted by atomic mass is 32.2. The number of methoxy groups -OCH3 is 1. The van der Waals surface area contributed by atoms with Crippen molar-refractivity contribution in [2.75, 3.05) is 39.1 Å². The number of fused-ring (bicyclic) bond motifs is 1. The molecule has 3 aromatic rings. The van der Waals surface area contributed by atoms with E-state index in [9.17, 15) is 5.11 Å². The molecule has 0 amide bonds. The highest BCUT2D eigenvalue weighted by Gasteiger charge is 2.28. The fourth-order valence-electron chi connectivity index (χ4n) is 4.65. The van der Waals surface area contributed by atoms with Crippen molar-refractivity contribution in [1.29, 1.82) is 0 Å². The zero-order valence-electron chi connectivity index (χ0n) is 18.7. The summed E-state index contributed by atoms with van der Waals surface area (Å²) in [4.78, 5) is 15.5. The van der Waals surface area contributed by atoms with Crippen LogP contribution < -0.4 is 4.74 Å². The number of aliphatic hydroxyl groups excluding tert-OH is 1. The molecule has 1 aromatic carbocycles. The molecule has 1 aliphatic heterocycles. The van der Waals surface area contributed by atoms with Gasteiger partial charge in [-0.1, -0.05) is 11.8 Å². The van der Waals surface area contributed by atoms with Gasteiger partial charge in [0.05, 0.1) is 12.6 Å². The van der Waals surface area contributed by atoms with Crippen molar-refractivity contribution >= 4 is 22.7 Å². The molecule has 1 aliphatic rings. The van der Waals surface area contributed by atoms with E-state index >= 15 is 0 Å². The predicted octanol–water partition coefficient (Wildman–Crippen LogP) is 4.08. The van der Waals surface area contributed by atoms with E-state index in [4.69, 9.17) is 4.74 Å². The molecule has 0 radical (unpaired) electrons. The molecule has 2 aromatic heterocycles. The lowest BCUT2D eigenvalue weighted by atomic mass is 9.82. The van der Waals surface area contributed by atoms with Crippen molar-refractivity contribution in [2.45, 2.75) is 30.8 Å². The van der Waals surface area contributed by atoms with E-state index in [2.05, 4.69) is 32.0 Å². The molecule has 0 aliphatic carbocycles. The largest absolute Gasteiger partial charge is 0.497 e. The zero-order chi connectivity index (χ0) is 22.2. The van der Waals surface area contributed by atoms with E-state index < -0.39 is 0 Å². The van der Waals surface area contributed by atoms with Crippen LogP contribution in [0.5, 0.6) is 5.75 Å². The molecule has 0 unspecified atom stereocenters. The summed E-state index contributed by atoms with van der Waals surface area (Å²) in [5, 5.41) is 12.0. The highest BCUT2D eigenvalue weighted by Crippen LogP contribution is 2.30. The lowest BCUT2D eigenvalue weighted by molar-refractivity contribution is 0.0710. The topological polar surface area (TPSA) is 71.4 Å². The van der Waals surface area contributed by atoms with Gasteiger partial charge >= 0.3 is 0 Å². The number of aromatic nitrogens is 3. The number of thioether (sulfide) groups is 1. The summed E-state index contributed by atoms with van der Waals surface area (Å²) in [5.41, 5.74) is 2.34. The number of likely N-dealkylation sites (tertiary alicyclic amines) is 1. The van der Waals surface area contributed by atoms with Crippen molar-refractivity contribution in [3.63, 3.8) is 0 Å². The minimum atomic E-state index is 0.269. The summed E-state index contributed by atoms with van der Waals surface area (Å²) in [5.74, 6) is 2.79. The Hall–Kier alpha value is -2.22. The Balaban J connectivity index is 1.26. The zero-order valence-corrected chi connectivity index (χ0v) is 19.5. The van der Waals surface area contributed by atoms with Crippen LogP contribution in [-0.2, 0) is 6.42 Å². The fraction of sp³-hybridized carbons (Fsp3) is 0.480. The quantitative estimate of drug-likeness (QED) is 0.367. The van der Waals surface area contributed by atoms with Gasteiger partial charge in [0.25, 0.3) is 0 Å². The second kappa shape index (κ2) is 11.6. The van der Waals surface area contributed by atoms with Crippen LogP contribution in [0.1, 0.15) is 24.8 Å². The van der Waals surface area contributed by atoms with Crippen molar-refractivity contribution in [1.82, 2.24) is 19.9 Å². The molecule has 2 atom stereocenters. The first kappa shape index (κ1) is 23.0. The van der Waals surface area contributed by atoms with Crippen LogP contribution in [0.25, 0.3) is 10.9 Å². The van der Waals surface area contributed by atoms with Gasteiger partial charge in [-0.25, -0.2) is 9.97 Å². The van der Waals surface area contributed by atoms with Gasteiger partial charge in [0.1, 0.15) is 5.75 Å². The van der Waals surface area contributed by atoms with Gasteiger partial charge in [-0.05, 0) is 80.0 Å². The number of nitrogens with zero attached hydrogens (tertiary/aromatic N) is 4. The molecule has 1 fully saturated rings. The highest BCUT2D eigenvalue weighted by molar-refractivity contribution is 7.99. The van der Waals surface area contributed by atoms with Crippen molar-refractivity contribution in [2.24, 2.45) is 11.8 Å². The monoisotopic (exact) mass is 452 g/mol. The Bertz CT molecular complexity index is 988. The number of hydrogen-bond donors (Lipinski definition) is 1. The maximum absolute atomic E-state index is 10.0. The smallest absolute Gasteiger partial charge is 0.187 e. The van der Waals surface area contributed by atoms with E-state index in [0.717, 1.165) is 67.5 Å². The summed E-state index contributed by atoms with van der Waals surface area (Å²) >= 11 is 1.70. The van der Waals surface area contributed by atoms with Crippen LogP contribution in [0.15, 0.2) is 54.1 Å². The predicted molar refractivity (Wildman–Crippen MR) is 129 cm³/mol. The third-order valence-corrected chi connectivity index (χ3v) is 7.31. The molecular weight excluding hydrogens is 420 g/mol. The standard InChI is InChI=1S/C25H32N4O2S/c1-31-22-6-7-24-23(16-22)20(8-12-26-24)5-2-4-19-9-13-29(17-21(19)18-30)14-15-32-25-27-10-3-11-28-25/h3,6-8,10-12,16,19,21,30H,2,4-5,9,13-15,17-18H2,1H3/t19-,21-/m1/s1. The summed E-state index contributed by atoms with van der Waals surface area (Å²) in [6, 6.07) is 10.0. The molecule has 1 N–H and O–H groups in total. The van der Waals surface area contributed by atoms with Crippen LogP contribution in [0.2, 0.25) is 0 Å². The Morgan fingerprint density at radius 1 is 1.12 bits per heavy atom. The second-order valence-corrected chi connectivity index (χ2v) is 9.48. The Morgan fingerprint density at radius 3 is 2.81 bits per heavy atom. The van der Waals surface area contributed by atoms with Crippen molar-refractivity contribution < 1.29 is 9.84 Å². The molecule has 4 rings (SSSR count). The van der Waals surface area contributed by atoms with E-state index in [1.165, 1.54) is 10.9 Å². The van der Waals surface area contributed by atoms with E-state index in [-0.39, 0.29) is 6.61 Å². The lowest BCUT2D eigenvalue weighted by Crippen LogP contribution is -2.42. The van der Waals surface area contributed by atoms with Crippen LogP contribution in [0.3, 0.4) is 0 Å². The summed E-state index contributed by atoms with van der Waals surface area (Å²) in [6.07, 6.45) is 9.93. The van der Waals surface area contributed by atoms with E-state index in [1.54, 1.807) is 31.3 Å². The molecule has 0 bridgehead atoms.